The number of hydrogen-bond acceptors (Lipinski definition) is 4. The van der Waals surface area contributed by atoms with E-state index >= 15 is 0 Å². The molecule has 0 heterocycles. The lowest BCUT2D eigenvalue weighted by Crippen LogP contribution is -2.06. The molecule has 0 radical (unpaired) electrons. The van der Waals surface area contributed by atoms with E-state index in [4.69, 9.17) is 10.4 Å². The smallest absolute Gasteiger partial charge is 0.336 e. The molecule has 0 bridgehead atoms. The fraction of sp³-hybridized carbons (Fsp3) is 0.500. The molecule has 92 valence electrons. The average Bonchev–Trinajstić information content (AvgIpc) is 2.25. The summed E-state index contributed by atoms with van der Waals surface area (Å²) in [5.41, 5.74) is 0.790. The second-order valence-electron chi connectivity index (χ2n) is 2.84. The predicted molar refractivity (Wildman–Crippen MR) is 64.8 cm³/mol. The maximum Gasteiger partial charge on any atom is 0.336 e. The van der Waals surface area contributed by atoms with Crippen molar-refractivity contribution in [2.24, 2.45) is 0 Å². The lowest BCUT2D eigenvalue weighted by Gasteiger charge is -2.00. The Morgan fingerprint density at radius 1 is 1.56 bits per heavy atom. The van der Waals surface area contributed by atoms with Crippen LogP contribution in [0.3, 0.4) is 0 Å². The van der Waals surface area contributed by atoms with Crippen molar-refractivity contribution in [2.45, 2.75) is 34.6 Å². The van der Waals surface area contributed by atoms with Gasteiger partial charge < -0.3 is 9.84 Å². The third-order valence-electron chi connectivity index (χ3n) is 1.14. The Balaban J connectivity index is -0.000000242. The normalized spacial score (nSPS) is 8.75. The van der Waals surface area contributed by atoms with Gasteiger partial charge in [-0.3, -0.25) is 0 Å². The van der Waals surface area contributed by atoms with Gasteiger partial charge >= 0.3 is 5.97 Å². The lowest BCUT2D eigenvalue weighted by molar-refractivity contribution is -0.139. The van der Waals surface area contributed by atoms with E-state index in [9.17, 15) is 4.79 Å². The van der Waals surface area contributed by atoms with Crippen LogP contribution in [0.4, 0.5) is 0 Å². The molecule has 0 rings (SSSR count). The van der Waals surface area contributed by atoms with Crippen molar-refractivity contribution in [2.75, 3.05) is 6.61 Å². The summed E-state index contributed by atoms with van der Waals surface area (Å²) in [6.07, 6.45) is 1.54. The van der Waals surface area contributed by atoms with Gasteiger partial charge in [0.05, 0.1) is 24.5 Å². The van der Waals surface area contributed by atoms with Gasteiger partial charge in [0, 0.05) is 5.57 Å². The molecule has 0 atom stereocenters. The third-order valence-corrected chi connectivity index (χ3v) is 1.14. The zero-order chi connectivity index (χ0) is 12.3. The first-order chi connectivity index (χ1) is 6.99. The van der Waals surface area contributed by atoms with Crippen LogP contribution in [0, 0.1) is 11.3 Å². The van der Waals surface area contributed by atoms with Gasteiger partial charge in [-0.25, -0.2) is 4.79 Å². The molecule has 0 aliphatic heterocycles. The summed E-state index contributed by atoms with van der Waals surface area (Å²) in [5, 5.41) is 16.1. The van der Waals surface area contributed by atoms with E-state index in [1.54, 1.807) is 6.92 Å². The van der Waals surface area contributed by atoms with Crippen LogP contribution in [-0.2, 0) is 9.53 Å². The van der Waals surface area contributed by atoms with Gasteiger partial charge in [-0.05, 0) is 20.3 Å². The summed E-state index contributed by atoms with van der Waals surface area (Å²) in [4.78, 5) is 10.7. The van der Waals surface area contributed by atoms with Gasteiger partial charge in [-0.1, -0.05) is 20.9 Å². The Kier molecular flexibility index (Phi) is 16.4. The zero-order valence-electron chi connectivity index (χ0n) is 9.41. The molecule has 0 fully saturated rings. The molecule has 0 unspecified atom stereocenters. The zero-order valence-corrected chi connectivity index (χ0v) is 9.41. The third kappa shape index (κ3) is 14.7. The molecule has 4 heteroatoms. The largest absolute Gasteiger partial charge is 0.515 e. The summed E-state index contributed by atoms with van der Waals surface area (Å²) in [7, 11) is 0. The molecule has 0 aliphatic rings. The summed E-state index contributed by atoms with van der Waals surface area (Å²) in [6.45, 7) is 8.79. The van der Waals surface area contributed by atoms with Gasteiger partial charge in [0.1, 0.15) is 0 Å². The van der Waals surface area contributed by atoms with Gasteiger partial charge in [-0.2, -0.15) is 5.26 Å². The molecule has 0 aliphatic carbocycles. The molecule has 0 saturated heterocycles. The van der Waals surface area contributed by atoms with Crippen LogP contribution >= 0.6 is 0 Å². The Labute approximate surface area is 97.8 Å². The minimum atomic E-state index is -0.454. The number of carbonyl (C=O) groups excluding carboxylic acids is 1. The van der Waals surface area contributed by atoms with Crippen molar-refractivity contribution in [3.8, 4) is 6.07 Å². The standard InChI is InChI=1S/C7H12O3.C4H5N.CH4/c1-3-4-10-7(9)6(2)5-8;1-4(2)3-5;/h5,8H,3-4H2,1-2H3;1H2,2H3;1H4. The number of allylic oxidation sites excluding steroid dienone is 1. The van der Waals surface area contributed by atoms with Crippen molar-refractivity contribution in [3.05, 3.63) is 24.0 Å². The second-order valence-corrected chi connectivity index (χ2v) is 2.84. The first-order valence-corrected chi connectivity index (χ1v) is 4.53. The molecule has 0 amide bonds. The number of ether oxygens (including phenoxy) is 1. The number of esters is 1. The highest BCUT2D eigenvalue weighted by Gasteiger charge is 2.03. The van der Waals surface area contributed by atoms with Crippen molar-refractivity contribution >= 4 is 5.97 Å². The highest BCUT2D eigenvalue weighted by Crippen LogP contribution is 1.94. The number of rotatable bonds is 3. The summed E-state index contributed by atoms with van der Waals surface area (Å²) in [6, 6.07) is 1.83. The first kappa shape index (κ1) is 19.8. The number of hydrogen-bond donors (Lipinski definition) is 1. The van der Waals surface area contributed by atoms with Gasteiger partial charge in [-0.15, -0.1) is 0 Å². The first-order valence-electron chi connectivity index (χ1n) is 4.53. The van der Waals surface area contributed by atoms with E-state index in [1.807, 2.05) is 13.0 Å². The van der Waals surface area contributed by atoms with Crippen LogP contribution in [0.2, 0.25) is 0 Å². The molecule has 16 heavy (non-hydrogen) atoms. The van der Waals surface area contributed by atoms with E-state index in [-0.39, 0.29) is 13.0 Å². The van der Waals surface area contributed by atoms with Crippen molar-refractivity contribution in [1.29, 1.82) is 5.26 Å². The Morgan fingerprint density at radius 3 is 2.25 bits per heavy atom. The predicted octanol–water partition coefficient (Wildman–Crippen LogP) is 3.12. The fourth-order valence-corrected chi connectivity index (χ4v) is 0.361. The Bertz CT molecular complexity index is 274. The molecule has 1 N–H and O–H groups in total. The van der Waals surface area contributed by atoms with Gasteiger partial charge in [0.25, 0.3) is 0 Å². The van der Waals surface area contributed by atoms with E-state index in [2.05, 4.69) is 11.3 Å². The van der Waals surface area contributed by atoms with Crippen LogP contribution in [-0.4, -0.2) is 17.7 Å². The summed E-state index contributed by atoms with van der Waals surface area (Å²) < 4.78 is 4.68. The number of aliphatic hydroxyl groups is 1. The van der Waals surface area contributed by atoms with E-state index < -0.39 is 5.97 Å². The van der Waals surface area contributed by atoms with Crippen molar-refractivity contribution in [1.82, 2.24) is 0 Å². The minimum Gasteiger partial charge on any atom is -0.515 e. The van der Waals surface area contributed by atoms with Gasteiger partial charge in [0.2, 0.25) is 0 Å². The number of carbonyl (C=O) groups is 1. The molecular weight excluding hydrogens is 206 g/mol. The molecule has 0 aromatic heterocycles. The number of nitriles is 1. The second kappa shape index (κ2) is 13.2. The monoisotopic (exact) mass is 227 g/mol. The van der Waals surface area contributed by atoms with Gasteiger partial charge in [0.15, 0.2) is 0 Å². The van der Waals surface area contributed by atoms with E-state index in [0.29, 0.717) is 12.2 Å². The fourth-order valence-electron chi connectivity index (χ4n) is 0.361. The van der Waals surface area contributed by atoms with Crippen LogP contribution in [0.1, 0.15) is 34.6 Å². The molecule has 0 aromatic rings. The van der Waals surface area contributed by atoms with E-state index in [0.717, 1.165) is 12.7 Å². The maximum atomic E-state index is 10.7. The Hall–Kier alpha value is -1.76. The van der Waals surface area contributed by atoms with Crippen molar-refractivity contribution < 1.29 is 14.6 Å². The molecule has 0 spiro atoms. The van der Waals surface area contributed by atoms with Crippen LogP contribution in [0.25, 0.3) is 0 Å². The highest BCUT2D eigenvalue weighted by atomic mass is 16.5. The number of aliphatic hydroxyl groups excluding tert-OH is 1. The van der Waals surface area contributed by atoms with E-state index in [1.165, 1.54) is 6.92 Å². The minimum absolute atomic E-state index is 0. The topological polar surface area (TPSA) is 70.3 Å². The quantitative estimate of drug-likeness (QED) is 0.348. The summed E-state index contributed by atoms with van der Waals surface area (Å²) >= 11 is 0. The van der Waals surface area contributed by atoms with Crippen LogP contribution < -0.4 is 0 Å². The van der Waals surface area contributed by atoms with Crippen LogP contribution in [0.15, 0.2) is 24.0 Å². The average molecular weight is 227 g/mol. The molecule has 0 saturated carbocycles. The molecule has 4 nitrogen and oxygen atoms in total. The Morgan fingerprint density at radius 2 is 2.00 bits per heavy atom. The SMILES string of the molecule is C.C=C(C)C#N.CCCOC(=O)C(C)=CO. The molecule has 0 aromatic carbocycles. The number of nitrogens with zero attached hydrogens (tertiary/aromatic N) is 1. The van der Waals surface area contributed by atoms with Crippen molar-refractivity contribution in [3.63, 3.8) is 0 Å². The highest BCUT2D eigenvalue weighted by molar-refractivity contribution is 5.87. The maximum absolute atomic E-state index is 10.7. The summed E-state index contributed by atoms with van der Waals surface area (Å²) in [5.74, 6) is -0.454. The van der Waals surface area contributed by atoms with Crippen LogP contribution in [0.5, 0.6) is 0 Å². The lowest BCUT2D eigenvalue weighted by atomic mass is 10.3. The molecular formula is C12H21NO3.